The molecule has 5 N–H and O–H groups in total. The summed E-state index contributed by atoms with van der Waals surface area (Å²) in [6.45, 7) is 1.31. The van der Waals surface area contributed by atoms with E-state index in [1.54, 1.807) is 6.20 Å². The fourth-order valence-electron chi connectivity index (χ4n) is 2.67. The van der Waals surface area contributed by atoms with Crippen LogP contribution in [0, 0.1) is 0 Å². The van der Waals surface area contributed by atoms with Crippen molar-refractivity contribution in [3.8, 4) is 0 Å². The summed E-state index contributed by atoms with van der Waals surface area (Å²) in [6, 6.07) is 4.17. The van der Waals surface area contributed by atoms with Crippen LogP contribution in [0.1, 0.15) is 36.0 Å². The van der Waals surface area contributed by atoms with Crippen LogP contribution in [0.2, 0.25) is 0 Å². The first-order valence-corrected chi connectivity index (χ1v) is 7.19. The third-order valence-corrected chi connectivity index (χ3v) is 4.06. The van der Waals surface area contributed by atoms with Crippen LogP contribution in [-0.4, -0.2) is 25.8 Å². The van der Waals surface area contributed by atoms with Crippen molar-refractivity contribution in [2.75, 3.05) is 5.73 Å². The number of nitrogens with one attached hydrogen (secondary N) is 1. The molecule has 0 saturated heterocycles. The number of aromatic nitrogens is 4. The molecule has 0 aromatic carbocycles. The van der Waals surface area contributed by atoms with Crippen molar-refractivity contribution >= 4 is 5.82 Å². The summed E-state index contributed by atoms with van der Waals surface area (Å²) in [7, 11) is 2.01. The maximum atomic E-state index is 5.83. The third kappa shape index (κ3) is 2.88. The molecule has 3 rings (SSSR count). The van der Waals surface area contributed by atoms with Gasteiger partial charge in [-0.25, -0.2) is 4.98 Å². The van der Waals surface area contributed by atoms with E-state index in [1.807, 2.05) is 19.2 Å². The Morgan fingerprint density at radius 2 is 2.14 bits per heavy atom. The summed E-state index contributed by atoms with van der Waals surface area (Å²) in [6.07, 6.45) is 3.70. The Hall–Kier alpha value is -1.99. The Morgan fingerprint density at radius 1 is 1.33 bits per heavy atom. The quantitative estimate of drug-likeness (QED) is 0.729. The highest BCUT2D eigenvalue weighted by Crippen LogP contribution is 2.34. The number of hydrogen-bond acceptors (Lipinski definition) is 6. The van der Waals surface area contributed by atoms with Gasteiger partial charge in [0.2, 0.25) is 0 Å². The lowest BCUT2D eigenvalue weighted by Gasteiger charge is -2.31. The van der Waals surface area contributed by atoms with Gasteiger partial charge >= 0.3 is 0 Å². The van der Waals surface area contributed by atoms with E-state index in [2.05, 4.69) is 25.1 Å². The van der Waals surface area contributed by atoms with E-state index >= 15 is 0 Å². The Balaban J connectivity index is 1.57. The van der Waals surface area contributed by atoms with E-state index in [-0.39, 0.29) is 0 Å². The Bertz CT molecular complexity index is 616. The minimum atomic E-state index is 0.321. The minimum Gasteiger partial charge on any atom is -0.383 e. The van der Waals surface area contributed by atoms with Crippen molar-refractivity contribution in [3.05, 3.63) is 35.5 Å². The molecule has 112 valence electrons. The van der Waals surface area contributed by atoms with E-state index in [4.69, 9.17) is 11.5 Å². The first-order valence-electron chi connectivity index (χ1n) is 7.19. The van der Waals surface area contributed by atoms with Gasteiger partial charge in [-0.2, -0.15) is 0 Å². The summed E-state index contributed by atoms with van der Waals surface area (Å²) in [5.41, 5.74) is 12.6. The predicted molar refractivity (Wildman–Crippen MR) is 80.1 cm³/mol. The molecule has 0 bridgehead atoms. The van der Waals surface area contributed by atoms with Crippen molar-refractivity contribution in [2.45, 2.75) is 37.9 Å². The topological polar surface area (TPSA) is 108 Å². The van der Waals surface area contributed by atoms with Crippen LogP contribution < -0.4 is 16.8 Å². The Kier molecular flexibility index (Phi) is 3.85. The molecule has 0 amide bonds. The first-order chi connectivity index (χ1) is 10.1. The van der Waals surface area contributed by atoms with Gasteiger partial charge in [0.25, 0.3) is 0 Å². The second-order valence-electron chi connectivity index (χ2n) is 5.61. The molecule has 2 aromatic heterocycles. The molecular formula is C14H21N7. The average Bonchev–Trinajstić information content (AvgIpc) is 2.79. The number of rotatable bonds is 5. The Morgan fingerprint density at radius 3 is 2.86 bits per heavy atom. The number of hydrogen-bond donors (Lipinski definition) is 3. The van der Waals surface area contributed by atoms with Gasteiger partial charge in [0.05, 0.1) is 6.54 Å². The average molecular weight is 287 g/mol. The van der Waals surface area contributed by atoms with Crippen LogP contribution in [0.25, 0.3) is 0 Å². The molecular weight excluding hydrogens is 266 g/mol. The van der Waals surface area contributed by atoms with E-state index in [1.165, 1.54) is 0 Å². The van der Waals surface area contributed by atoms with Crippen molar-refractivity contribution in [1.82, 2.24) is 25.1 Å². The van der Waals surface area contributed by atoms with Crippen LogP contribution in [0.3, 0.4) is 0 Å². The summed E-state index contributed by atoms with van der Waals surface area (Å²) < 4.78 is 2.07. The minimum absolute atomic E-state index is 0.321. The van der Waals surface area contributed by atoms with Crippen molar-refractivity contribution in [2.24, 2.45) is 12.8 Å². The maximum Gasteiger partial charge on any atom is 0.146 e. The molecule has 0 spiro atoms. The highest BCUT2D eigenvalue weighted by Gasteiger charge is 2.31. The SMILES string of the molecule is Cn1c(CNCc2cccnc2N)nnc1C1CC(N)C1. The van der Waals surface area contributed by atoms with Gasteiger partial charge in [-0.15, -0.1) is 10.2 Å². The zero-order valence-electron chi connectivity index (χ0n) is 12.2. The number of nitrogen functional groups attached to an aromatic ring is 1. The Labute approximate surface area is 123 Å². The van der Waals surface area contributed by atoms with Gasteiger partial charge in [-0.1, -0.05) is 6.07 Å². The summed E-state index contributed by atoms with van der Waals surface area (Å²) in [4.78, 5) is 4.07. The third-order valence-electron chi connectivity index (χ3n) is 4.06. The number of anilines is 1. The molecule has 1 saturated carbocycles. The van der Waals surface area contributed by atoms with Crippen molar-refractivity contribution in [1.29, 1.82) is 0 Å². The highest BCUT2D eigenvalue weighted by molar-refractivity contribution is 5.38. The summed E-state index contributed by atoms with van der Waals surface area (Å²) in [5.74, 6) is 2.98. The fraction of sp³-hybridized carbons (Fsp3) is 0.500. The number of nitrogens with two attached hydrogens (primary N) is 2. The first kappa shape index (κ1) is 14.0. The van der Waals surface area contributed by atoms with Gasteiger partial charge in [-0.3, -0.25) is 0 Å². The van der Waals surface area contributed by atoms with Crippen LogP contribution in [0.5, 0.6) is 0 Å². The molecule has 0 aliphatic heterocycles. The lowest BCUT2D eigenvalue weighted by Crippen LogP contribution is -2.36. The zero-order chi connectivity index (χ0) is 14.8. The molecule has 7 nitrogen and oxygen atoms in total. The van der Waals surface area contributed by atoms with E-state index in [0.29, 0.717) is 30.9 Å². The van der Waals surface area contributed by atoms with Crippen molar-refractivity contribution < 1.29 is 0 Å². The summed E-state index contributed by atoms with van der Waals surface area (Å²) in [5, 5.41) is 11.9. The molecule has 1 fully saturated rings. The van der Waals surface area contributed by atoms with Crippen LogP contribution in [-0.2, 0) is 20.1 Å². The second kappa shape index (κ2) is 5.79. The van der Waals surface area contributed by atoms with Crippen LogP contribution in [0.4, 0.5) is 5.82 Å². The number of pyridine rings is 1. The standard InChI is InChI=1S/C14H21N7/c1-21-12(19-20-14(21)10-5-11(15)6-10)8-17-7-9-3-2-4-18-13(9)16/h2-4,10-11,17H,5-8,15H2,1H3,(H2,16,18). The smallest absolute Gasteiger partial charge is 0.146 e. The molecule has 2 aromatic rings. The normalized spacial score (nSPS) is 21.2. The lowest BCUT2D eigenvalue weighted by molar-refractivity contribution is 0.331. The number of nitrogens with zero attached hydrogens (tertiary/aromatic N) is 4. The molecule has 0 unspecified atom stereocenters. The van der Waals surface area contributed by atoms with Gasteiger partial charge in [0, 0.05) is 37.3 Å². The summed E-state index contributed by atoms with van der Waals surface area (Å²) >= 11 is 0. The van der Waals surface area contributed by atoms with Gasteiger partial charge in [0.1, 0.15) is 17.5 Å². The van der Waals surface area contributed by atoms with Crippen LogP contribution >= 0.6 is 0 Å². The van der Waals surface area contributed by atoms with Gasteiger partial charge < -0.3 is 21.4 Å². The van der Waals surface area contributed by atoms with E-state index < -0.39 is 0 Å². The van der Waals surface area contributed by atoms with Crippen molar-refractivity contribution in [3.63, 3.8) is 0 Å². The van der Waals surface area contributed by atoms with E-state index in [9.17, 15) is 0 Å². The molecule has 1 aliphatic rings. The molecule has 21 heavy (non-hydrogen) atoms. The zero-order valence-corrected chi connectivity index (χ0v) is 12.2. The predicted octanol–water partition coefficient (Wildman–Crippen LogP) is 0.287. The van der Waals surface area contributed by atoms with Crippen LogP contribution in [0.15, 0.2) is 18.3 Å². The molecule has 0 radical (unpaired) electrons. The van der Waals surface area contributed by atoms with Gasteiger partial charge in [-0.05, 0) is 18.9 Å². The fourth-order valence-corrected chi connectivity index (χ4v) is 2.67. The highest BCUT2D eigenvalue weighted by atomic mass is 15.3. The molecule has 1 aliphatic carbocycles. The lowest BCUT2D eigenvalue weighted by atomic mass is 9.80. The maximum absolute atomic E-state index is 5.83. The second-order valence-corrected chi connectivity index (χ2v) is 5.61. The monoisotopic (exact) mass is 287 g/mol. The largest absolute Gasteiger partial charge is 0.383 e. The van der Waals surface area contributed by atoms with E-state index in [0.717, 1.165) is 30.1 Å². The van der Waals surface area contributed by atoms with Gasteiger partial charge in [0.15, 0.2) is 0 Å². The molecule has 7 heteroatoms. The molecule has 0 atom stereocenters. The molecule has 2 heterocycles.